The molecule has 0 saturated carbocycles. The maximum atomic E-state index is 4.80. The molecular formula is C17H17N. The minimum atomic E-state index is 0.0557. The Labute approximate surface area is 108 Å². The first-order valence-corrected chi connectivity index (χ1v) is 6.35. The van der Waals surface area contributed by atoms with Crippen LogP contribution in [0.3, 0.4) is 0 Å². The van der Waals surface area contributed by atoms with E-state index in [9.17, 15) is 0 Å². The molecule has 1 aliphatic rings. The van der Waals surface area contributed by atoms with Gasteiger partial charge in [0, 0.05) is 16.7 Å². The normalized spacial score (nSPS) is 16.3. The van der Waals surface area contributed by atoms with Crippen LogP contribution in [0.5, 0.6) is 0 Å². The van der Waals surface area contributed by atoms with E-state index in [0.717, 1.165) is 5.69 Å². The van der Waals surface area contributed by atoms with Gasteiger partial charge in [-0.2, -0.15) is 0 Å². The molecule has 0 aliphatic carbocycles. The van der Waals surface area contributed by atoms with E-state index >= 15 is 0 Å². The molecule has 1 heterocycles. The maximum absolute atomic E-state index is 4.80. The van der Waals surface area contributed by atoms with Crippen molar-refractivity contribution in [2.24, 2.45) is 4.99 Å². The summed E-state index contributed by atoms with van der Waals surface area (Å²) in [4.78, 5) is 4.80. The van der Waals surface area contributed by atoms with Gasteiger partial charge in [0.05, 0.1) is 5.69 Å². The predicted octanol–water partition coefficient (Wildman–Crippen LogP) is 4.74. The lowest BCUT2D eigenvalue weighted by Crippen LogP contribution is -2.22. The van der Waals surface area contributed by atoms with Crippen LogP contribution in [0.25, 0.3) is 11.1 Å². The molecule has 0 aromatic heterocycles. The van der Waals surface area contributed by atoms with E-state index in [4.69, 9.17) is 4.99 Å². The quantitative estimate of drug-likeness (QED) is 0.677. The molecular weight excluding hydrogens is 218 g/mol. The molecule has 0 bridgehead atoms. The zero-order valence-electron chi connectivity index (χ0n) is 11.1. The van der Waals surface area contributed by atoms with Crippen LogP contribution in [-0.4, -0.2) is 5.71 Å². The largest absolute Gasteiger partial charge is 0.256 e. The summed E-state index contributed by atoms with van der Waals surface area (Å²) in [6.45, 7) is 6.60. The van der Waals surface area contributed by atoms with E-state index < -0.39 is 0 Å². The zero-order chi connectivity index (χ0) is 12.8. The second-order valence-electron chi connectivity index (χ2n) is 5.39. The van der Waals surface area contributed by atoms with Crippen LogP contribution < -0.4 is 0 Å². The number of rotatable bonds is 1. The minimum absolute atomic E-state index is 0.0557. The lowest BCUT2D eigenvalue weighted by Gasteiger charge is -2.20. The maximum Gasteiger partial charge on any atom is 0.0748 e. The van der Waals surface area contributed by atoms with Crippen LogP contribution in [0.15, 0.2) is 53.5 Å². The van der Waals surface area contributed by atoms with Gasteiger partial charge >= 0.3 is 0 Å². The van der Waals surface area contributed by atoms with Gasteiger partial charge in [-0.1, -0.05) is 62.4 Å². The molecule has 1 heteroatoms. The Morgan fingerprint density at radius 2 is 1.61 bits per heavy atom. The summed E-state index contributed by atoms with van der Waals surface area (Å²) in [7, 11) is 0. The van der Waals surface area contributed by atoms with Crippen LogP contribution in [0.4, 0.5) is 5.69 Å². The van der Waals surface area contributed by atoms with Gasteiger partial charge < -0.3 is 0 Å². The second-order valence-corrected chi connectivity index (χ2v) is 5.39. The van der Waals surface area contributed by atoms with Crippen LogP contribution in [0, 0.1) is 0 Å². The van der Waals surface area contributed by atoms with Crippen LogP contribution in [0.2, 0.25) is 0 Å². The smallest absolute Gasteiger partial charge is 0.0748 e. The Kier molecular flexibility index (Phi) is 2.37. The third kappa shape index (κ3) is 1.51. The molecule has 0 amide bonds. The van der Waals surface area contributed by atoms with Gasteiger partial charge in [0.2, 0.25) is 0 Å². The van der Waals surface area contributed by atoms with Gasteiger partial charge in [0.1, 0.15) is 0 Å². The summed E-state index contributed by atoms with van der Waals surface area (Å²) >= 11 is 0. The Morgan fingerprint density at radius 1 is 0.889 bits per heavy atom. The molecule has 1 nitrogen and oxygen atoms in total. The Balaban J connectivity index is 2.25. The van der Waals surface area contributed by atoms with Gasteiger partial charge in [-0.25, -0.2) is 0 Å². The van der Waals surface area contributed by atoms with Crippen molar-refractivity contribution in [3.8, 4) is 11.1 Å². The minimum Gasteiger partial charge on any atom is -0.256 e. The first-order chi connectivity index (χ1) is 8.60. The molecule has 18 heavy (non-hydrogen) atoms. The number of hydrogen-bond donors (Lipinski definition) is 0. The number of hydrogen-bond acceptors (Lipinski definition) is 1. The van der Waals surface area contributed by atoms with Crippen molar-refractivity contribution in [3.63, 3.8) is 0 Å². The summed E-state index contributed by atoms with van der Waals surface area (Å²) in [6.07, 6.45) is 0. The van der Waals surface area contributed by atoms with Crippen molar-refractivity contribution in [2.75, 3.05) is 0 Å². The highest BCUT2D eigenvalue weighted by Crippen LogP contribution is 2.45. The monoisotopic (exact) mass is 235 g/mol. The molecule has 0 fully saturated rings. The lowest BCUT2D eigenvalue weighted by atomic mass is 9.81. The fraction of sp³-hybridized carbons (Fsp3) is 0.235. The van der Waals surface area contributed by atoms with E-state index in [1.807, 2.05) is 6.07 Å². The van der Waals surface area contributed by atoms with E-state index in [-0.39, 0.29) is 5.41 Å². The average molecular weight is 235 g/mol. The topological polar surface area (TPSA) is 12.4 Å². The lowest BCUT2D eigenvalue weighted by molar-refractivity contribution is 0.733. The standard InChI is InChI=1S/C17H17N/c1-12-17(2,3)15-11-7-10-14(16(15)18-12)13-8-5-4-6-9-13/h4-11H,1-3H3. The third-order valence-electron chi connectivity index (χ3n) is 3.98. The summed E-state index contributed by atoms with van der Waals surface area (Å²) in [5.41, 5.74) is 6.20. The van der Waals surface area contributed by atoms with E-state index in [1.54, 1.807) is 0 Å². The first kappa shape index (κ1) is 11.2. The molecule has 2 aromatic rings. The second kappa shape index (κ2) is 3.81. The number of para-hydroxylation sites is 1. The SMILES string of the molecule is CC1=Nc2c(-c3ccccc3)cccc2C1(C)C. The zero-order valence-corrected chi connectivity index (χ0v) is 11.1. The molecule has 0 N–H and O–H groups in total. The van der Waals surface area contributed by atoms with E-state index in [0.29, 0.717) is 0 Å². The van der Waals surface area contributed by atoms with Crippen LogP contribution in [-0.2, 0) is 5.41 Å². The van der Waals surface area contributed by atoms with Crippen molar-refractivity contribution in [1.82, 2.24) is 0 Å². The Hall–Kier alpha value is -1.89. The Morgan fingerprint density at radius 3 is 2.33 bits per heavy atom. The number of nitrogens with zero attached hydrogens (tertiary/aromatic N) is 1. The van der Waals surface area contributed by atoms with Gasteiger partial charge in [-0.15, -0.1) is 0 Å². The summed E-state index contributed by atoms with van der Waals surface area (Å²) in [6, 6.07) is 17.0. The molecule has 90 valence electrons. The van der Waals surface area contributed by atoms with Crippen molar-refractivity contribution in [2.45, 2.75) is 26.2 Å². The first-order valence-electron chi connectivity index (χ1n) is 6.35. The fourth-order valence-corrected chi connectivity index (χ4v) is 2.52. The number of aliphatic imine (C=N–C) groups is 1. The molecule has 0 radical (unpaired) electrons. The molecule has 1 aliphatic heterocycles. The highest BCUT2D eigenvalue weighted by atomic mass is 14.8. The summed E-state index contributed by atoms with van der Waals surface area (Å²) in [5, 5.41) is 0. The average Bonchev–Trinajstić information content (AvgIpc) is 2.62. The highest BCUT2D eigenvalue weighted by molar-refractivity contribution is 6.02. The summed E-state index contributed by atoms with van der Waals surface area (Å²) in [5.74, 6) is 0. The van der Waals surface area contributed by atoms with Gasteiger partial charge in [0.15, 0.2) is 0 Å². The number of fused-ring (bicyclic) bond motifs is 1. The van der Waals surface area contributed by atoms with Crippen LogP contribution in [0.1, 0.15) is 26.3 Å². The fourth-order valence-electron chi connectivity index (χ4n) is 2.52. The van der Waals surface area contributed by atoms with Gasteiger partial charge in [0.25, 0.3) is 0 Å². The van der Waals surface area contributed by atoms with Crippen molar-refractivity contribution in [3.05, 3.63) is 54.1 Å². The molecule has 3 rings (SSSR count). The van der Waals surface area contributed by atoms with E-state index in [2.05, 4.69) is 63.2 Å². The molecule has 0 spiro atoms. The molecule has 2 aromatic carbocycles. The van der Waals surface area contributed by atoms with Crippen molar-refractivity contribution in [1.29, 1.82) is 0 Å². The predicted molar refractivity (Wildman–Crippen MR) is 77.7 cm³/mol. The molecule has 0 atom stereocenters. The summed E-state index contributed by atoms with van der Waals surface area (Å²) < 4.78 is 0. The third-order valence-corrected chi connectivity index (χ3v) is 3.98. The van der Waals surface area contributed by atoms with Gasteiger partial charge in [-0.05, 0) is 18.1 Å². The molecule has 0 saturated heterocycles. The van der Waals surface area contributed by atoms with Crippen LogP contribution >= 0.6 is 0 Å². The highest BCUT2D eigenvalue weighted by Gasteiger charge is 2.33. The number of benzene rings is 2. The van der Waals surface area contributed by atoms with E-state index in [1.165, 1.54) is 22.4 Å². The van der Waals surface area contributed by atoms with Crippen molar-refractivity contribution < 1.29 is 0 Å². The van der Waals surface area contributed by atoms with Crippen molar-refractivity contribution >= 4 is 11.4 Å². The van der Waals surface area contributed by atoms with Gasteiger partial charge in [-0.3, -0.25) is 4.99 Å². The molecule has 0 unspecified atom stereocenters. The Bertz CT molecular complexity index is 621.